The standard InChI is InChI=1S/C24H21N3O4S/c28-20(15-31-14-16-7-3-1-4-8-16)26-12-11-18-19(13-26)32-22-21(18)23(29)27(24(30)25-22)17-9-5-2-6-10-17/h1-10H,11-15H2,(H,25,30). The van der Waals surface area contributed by atoms with E-state index in [4.69, 9.17) is 4.74 Å². The number of thiophene rings is 1. The molecule has 3 heterocycles. The van der Waals surface area contributed by atoms with E-state index in [1.165, 1.54) is 15.9 Å². The van der Waals surface area contributed by atoms with Crippen LogP contribution >= 0.6 is 11.3 Å². The summed E-state index contributed by atoms with van der Waals surface area (Å²) in [7, 11) is 0. The molecule has 2 aromatic heterocycles. The van der Waals surface area contributed by atoms with Gasteiger partial charge in [-0.1, -0.05) is 48.5 Å². The van der Waals surface area contributed by atoms with Crippen LogP contribution in [0.15, 0.2) is 70.3 Å². The van der Waals surface area contributed by atoms with Crippen molar-refractivity contribution in [3.63, 3.8) is 0 Å². The highest BCUT2D eigenvalue weighted by Gasteiger charge is 2.27. The van der Waals surface area contributed by atoms with Gasteiger partial charge in [0, 0.05) is 11.4 Å². The summed E-state index contributed by atoms with van der Waals surface area (Å²) in [5.74, 6) is -0.0840. The zero-order valence-electron chi connectivity index (χ0n) is 17.2. The average Bonchev–Trinajstić information content (AvgIpc) is 3.18. The molecule has 0 atom stereocenters. The lowest BCUT2D eigenvalue weighted by Crippen LogP contribution is -2.38. The molecular formula is C24H21N3O4S. The van der Waals surface area contributed by atoms with Crippen LogP contribution in [0.1, 0.15) is 16.0 Å². The van der Waals surface area contributed by atoms with E-state index in [2.05, 4.69) is 4.98 Å². The molecule has 4 aromatic rings. The molecule has 1 amide bonds. The van der Waals surface area contributed by atoms with Crippen LogP contribution in [0.4, 0.5) is 0 Å². The number of hydrogen-bond donors (Lipinski definition) is 1. The largest absolute Gasteiger partial charge is 0.367 e. The minimum atomic E-state index is -0.463. The third-order valence-corrected chi connectivity index (χ3v) is 6.73. The van der Waals surface area contributed by atoms with Gasteiger partial charge < -0.3 is 9.64 Å². The first-order valence-corrected chi connectivity index (χ1v) is 11.2. The average molecular weight is 448 g/mol. The number of aromatic amines is 1. The van der Waals surface area contributed by atoms with Crippen LogP contribution in [-0.2, 0) is 29.1 Å². The van der Waals surface area contributed by atoms with Gasteiger partial charge in [0.1, 0.15) is 11.4 Å². The van der Waals surface area contributed by atoms with Gasteiger partial charge in [-0.05, 0) is 29.7 Å². The van der Waals surface area contributed by atoms with Crippen molar-refractivity contribution in [3.05, 3.63) is 97.5 Å². The number of benzene rings is 2. The monoisotopic (exact) mass is 447 g/mol. The third kappa shape index (κ3) is 3.79. The zero-order valence-corrected chi connectivity index (χ0v) is 18.1. The Morgan fingerprint density at radius 1 is 1.03 bits per heavy atom. The molecular weight excluding hydrogens is 426 g/mol. The van der Waals surface area contributed by atoms with E-state index in [9.17, 15) is 14.4 Å². The minimum Gasteiger partial charge on any atom is -0.367 e. The van der Waals surface area contributed by atoms with Gasteiger partial charge in [-0.15, -0.1) is 11.3 Å². The molecule has 2 aromatic carbocycles. The fourth-order valence-corrected chi connectivity index (χ4v) is 5.27. The van der Waals surface area contributed by atoms with E-state index < -0.39 is 5.69 Å². The molecule has 1 aliphatic heterocycles. The zero-order chi connectivity index (χ0) is 22.1. The van der Waals surface area contributed by atoms with E-state index in [-0.39, 0.29) is 18.1 Å². The Balaban J connectivity index is 1.37. The van der Waals surface area contributed by atoms with Crippen molar-refractivity contribution in [1.82, 2.24) is 14.5 Å². The van der Waals surface area contributed by atoms with Gasteiger partial charge in [-0.2, -0.15) is 0 Å². The lowest BCUT2D eigenvalue weighted by molar-refractivity contribution is -0.137. The molecule has 1 N–H and O–H groups in total. The number of carbonyl (C=O) groups is 1. The molecule has 0 spiro atoms. The van der Waals surface area contributed by atoms with Crippen molar-refractivity contribution in [1.29, 1.82) is 0 Å². The number of hydrogen-bond acceptors (Lipinski definition) is 5. The van der Waals surface area contributed by atoms with Gasteiger partial charge in [0.05, 0.1) is 24.2 Å². The summed E-state index contributed by atoms with van der Waals surface area (Å²) in [5, 5.41) is 0.542. The third-order valence-electron chi connectivity index (χ3n) is 5.60. The number of H-pyrrole nitrogens is 1. The molecule has 0 aliphatic carbocycles. The Morgan fingerprint density at radius 2 is 1.75 bits per heavy atom. The molecule has 0 unspecified atom stereocenters. The van der Waals surface area contributed by atoms with Crippen LogP contribution in [0.5, 0.6) is 0 Å². The predicted molar refractivity (Wildman–Crippen MR) is 123 cm³/mol. The predicted octanol–water partition coefficient (Wildman–Crippen LogP) is 2.84. The molecule has 0 saturated carbocycles. The Kier molecular flexibility index (Phi) is 5.46. The van der Waals surface area contributed by atoms with Gasteiger partial charge in [0.25, 0.3) is 5.56 Å². The Labute approximate surface area is 187 Å². The number of rotatable bonds is 5. The summed E-state index contributed by atoms with van der Waals surface area (Å²) in [6, 6.07) is 18.6. The van der Waals surface area contributed by atoms with Crippen LogP contribution in [-0.4, -0.2) is 33.5 Å². The molecule has 162 valence electrons. The number of carbonyl (C=O) groups excluding carboxylic acids is 1. The maximum atomic E-state index is 13.2. The van der Waals surface area contributed by atoms with Crippen LogP contribution in [0, 0.1) is 0 Å². The van der Waals surface area contributed by atoms with Crippen molar-refractivity contribution in [2.75, 3.05) is 13.2 Å². The van der Waals surface area contributed by atoms with Crippen molar-refractivity contribution in [2.45, 2.75) is 19.6 Å². The highest BCUT2D eigenvalue weighted by molar-refractivity contribution is 7.18. The fraction of sp³-hybridized carbons (Fsp3) is 0.208. The second-order valence-corrected chi connectivity index (χ2v) is 8.76. The van der Waals surface area contributed by atoms with Gasteiger partial charge in [0.15, 0.2) is 0 Å². The summed E-state index contributed by atoms with van der Waals surface area (Å²) in [6.07, 6.45) is 0.565. The molecule has 0 radical (unpaired) electrons. The maximum Gasteiger partial charge on any atom is 0.334 e. The van der Waals surface area contributed by atoms with Gasteiger partial charge in [-0.3, -0.25) is 14.6 Å². The van der Waals surface area contributed by atoms with Crippen molar-refractivity contribution >= 4 is 27.5 Å². The highest BCUT2D eigenvalue weighted by Crippen LogP contribution is 2.32. The fourth-order valence-electron chi connectivity index (χ4n) is 4.02. The summed E-state index contributed by atoms with van der Waals surface area (Å²) in [6.45, 7) is 1.31. The number of fused-ring (bicyclic) bond motifs is 3. The Bertz CT molecular complexity index is 1390. The molecule has 1 aliphatic rings. The van der Waals surface area contributed by atoms with Crippen LogP contribution in [0.25, 0.3) is 15.9 Å². The van der Waals surface area contributed by atoms with Crippen LogP contribution in [0.2, 0.25) is 0 Å². The topological polar surface area (TPSA) is 84.4 Å². The van der Waals surface area contributed by atoms with E-state index in [1.807, 2.05) is 36.4 Å². The lowest BCUT2D eigenvalue weighted by atomic mass is 10.1. The summed E-state index contributed by atoms with van der Waals surface area (Å²) >= 11 is 1.37. The van der Waals surface area contributed by atoms with Crippen molar-refractivity contribution in [3.8, 4) is 5.69 Å². The molecule has 7 nitrogen and oxygen atoms in total. The molecule has 0 fully saturated rings. The van der Waals surface area contributed by atoms with E-state index in [0.717, 1.165) is 16.0 Å². The SMILES string of the molecule is O=C(COCc1ccccc1)N1CCc2c(sc3[nH]c(=O)n(-c4ccccc4)c(=O)c23)C1. The summed E-state index contributed by atoms with van der Waals surface area (Å²) < 4.78 is 6.76. The number of aromatic nitrogens is 2. The molecule has 0 saturated heterocycles. The van der Waals surface area contributed by atoms with Crippen LogP contribution < -0.4 is 11.2 Å². The van der Waals surface area contributed by atoms with Gasteiger partial charge >= 0.3 is 5.69 Å². The van der Waals surface area contributed by atoms with Crippen molar-refractivity contribution in [2.24, 2.45) is 0 Å². The summed E-state index contributed by atoms with van der Waals surface area (Å²) in [5.41, 5.74) is 1.69. The first-order chi connectivity index (χ1) is 15.6. The smallest absolute Gasteiger partial charge is 0.334 e. The number of amides is 1. The van der Waals surface area contributed by atoms with Gasteiger partial charge in [0.2, 0.25) is 5.91 Å². The number of ether oxygens (including phenoxy) is 1. The number of nitrogens with zero attached hydrogens (tertiary/aromatic N) is 2. The highest BCUT2D eigenvalue weighted by atomic mass is 32.1. The van der Waals surface area contributed by atoms with E-state index in [1.54, 1.807) is 29.2 Å². The number of nitrogens with one attached hydrogen (secondary N) is 1. The second kappa shape index (κ2) is 8.57. The Morgan fingerprint density at radius 3 is 2.50 bits per heavy atom. The number of para-hydroxylation sites is 1. The van der Waals surface area contributed by atoms with E-state index in [0.29, 0.717) is 42.0 Å². The minimum absolute atomic E-state index is 0.00671. The van der Waals surface area contributed by atoms with E-state index >= 15 is 0 Å². The normalized spacial score (nSPS) is 13.3. The maximum absolute atomic E-state index is 13.2. The quantitative estimate of drug-likeness (QED) is 0.510. The Hall–Kier alpha value is -3.49. The van der Waals surface area contributed by atoms with Crippen molar-refractivity contribution < 1.29 is 9.53 Å². The first kappa shape index (κ1) is 20.4. The first-order valence-electron chi connectivity index (χ1n) is 10.4. The summed E-state index contributed by atoms with van der Waals surface area (Å²) in [4.78, 5) is 44.6. The van der Waals surface area contributed by atoms with Gasteiger partial charge in [-0.25, -0.2) is 9.36 Å². The lowest BCUT2D eigenvalue weighted by Gasteiger charge is -2.26. The molecule has 5 rings (SSSR count). The molecule has 8 heteroatoms. The molecule has 0 bridgehead atoms. The second-order valence-electron chi connectivity index (χ2n) is 7.66. The molecule has 32 heavy (non-hydrogen) atoms. The van der Waals surface area contributed by atoms with Crippen LogP contribution in [0.3, 0.4) is 0 Å².